The van der Waals surface area contributed by atoms with Crippen molar-refractivity contribution in [3.63, 3.8) is 0 Å². The lowest BCUT2D eigenvalue weighted by Gasteiger charge is -2.33. The van der Waals surface area contributed by atoms with Crippen molar-refractivity contribution in [1.29, 1.82) is 0 Å². The number of unbranched alkanes of at least 4 members (excludes halogenated alkanes) is 9. The summed E-state index contributed by atoms with van der Waals surface area (Å²) in [6.07, 6.45) is 16.9. The summed E-state index contributed by atoms with van der Waals surface area (Å²) in [4.78, 5) is 0.352. The number of aryl methyl sites for hydroxylation is 1. The van der Waals surface area contributed by atoms with Crippen LogP contribution in [0.15, 0.2) is 29.2 Å². The average Bonchev–Trinajstić information content (AvgIpc) is 2.75. The third-order valence-electron chi connectivity index (χ3n) is 6.13. The van der Waals surface area contributed by atoms with E-state index in [1.54, 1.807) is 12.1 Å². The van der Waals surface area contributed by atoms with E-state index in [-0.39, 0.29) is 12.6 Å². The average molecular weight is 424 g/mol. The zero-order valence-electron chi connectivity index (χ0n) is 18.3. The van der Waals surface area contributed by atoms with E-state index in [4.69, 9.17) is 0 Å². The van der Waals surface area contributed by atoms with Gasteiger partial charge in [-0.3, -0.25) is 0 Å². The first-order valence-electron chi connectivity index (χ1n) is 11.8. The molecule has 1 atom stereocenters. The Morgan fingerprint density at radius 3 is 2.07 bits per heavy atom. The van der Waals surface area contributed by atoms with E-state index in [0.29, 0.717) is 11.4 Å². The summed E-state index contributed by atoms with van der Waals surface area (Å²) in [7, 11) is -3.51. The Kier molecular flexibility index (Phi) is 11.3. The smallest absolute Gasteiger partial charge is 0.243 e. The standard InChI is InChI=1S/C24H41NO3S/c1-2-3-4-5-6-7-8-9-10-11-14-22-16-18-24(19-17-22)29(27,28)25-20-13-12-15-23(25)21-26/h16-19,23,26H,2-15,20-21H2,1H3. The third kappa shape index (κ3) is 8.03. The molecule has 2 rings (SSSR count). The minimum atomic E-state index is -3.51. The molecule has 1 saturated heterocycles. The Balaban J connectivity index is 1.70. The monoisotopic (exact) mass is 423 g/mol. The van der Waals surface area contributed by atoms with E-state index < -0.39 is 10.0 Å². The van der Waals surface area contributed by atoms with E-state index >= 15 is 0 Å². The number of aliphatic hydroxyl groups excluding tert-OH is 1. The first-order valence-corrected chi connectivity index (χ1v) is 13.2. The Bertz CT molecular complexity index is 657. The molecule has 1 aromatic carbocycles. The van der Waals surface area contributed by atoms with Gasteiger partial charge >= 0.3 is 0 Å². The zero-order valence-corrected chi connectivity index (χ0v) is 19.1. The summed E-state index contributed by atoms with van der Waals surface area (Å²) in [5.41, 5.74) is 1.21. The molecule has 5 heteroatoms. The maximum atomic E-state index is 12.9. The van der Waals surface area contributed by atoms with Gasteiger partial charge in [0.2, 0.25) is 10.0 Å². The molecule has 0 amide bonds. The van der Waals surface area contributed by atoms with Crippen molar-refractivity contribution in [3.05, 3.63) is 29.8 Å². The summed E-state index contributed by atoms with van der Waals surface area (Å²) < 4.78 is 27.3. The van der Waals surface area contributed by atoms with Crippen LogP contribution in [0.3, 0.4) is 0 Å². The largest absolute Gasteiger partial charge is 0.395 e. The van der Waals surface area contributed by atoms with Crippen LogP contribution in [-0.4, -0.2) is 37.0 Å². The lowest BCUT2D eigenvalue weighted by molar-refractivity contribution is 0.155. The van der Waals surface area contributed by atoms with E-state index in [1.165, 1.54) is 74.1 Å². The first-order chi connectivity index (χ1) is 14.1. The van der Waals surface area contributed by atoms with Crippen LogP contribution in [0.25, 0.3) is 0 Å². The third-order valence-corrected chi connectivity index (χ3v) is 8.10. The van der Waals surface area contributed by atoms with Gasteiger partial charge in [0.25, 0.3) is 0 Å². The normalized spacial score (nSPS) is 18.2. The molecule has 1 aromatic rings. The highest BCUT2D eigenvalue weighted by molar-refractivity contribution is 7.89. The Morgan fingerprint density at radius 2 is 1.48 bits per heavy atom. The molecule has 0 aliphatic carbocycles. The fraction of sp³-hybridized carbons (Fsp3) is 0.750. The van der Waals surface area contributed by atoms with Crippen LogP contribution < -0.4 is 0 Å². The number of hydrogen-bond acceptors (Lipinski definition) is 3. The lowest BCUT2D eigenvalue weighted by atomic mass is 10.0. The summed E-state index contributed by atoms with van der Waals surface area (Å²) in [6, 6.07) is 7.12. The fourth-order valence-electron chi connectivity index (χ4n) is 4.25. The van der Waals surface area contributed by atoms with Gasteiger partial charge < -0.3 is 5.11 Å². The first kappa shape index (κ1) is 24.4. The van der Waals surface area contributed by atoms with Gasteiger partial charge in [-0.1, -0.05) is 83.3 Å². The fourth-order valence-corrected chi connectivity index (χ4v) is 5.94. The molecule has 0 bridgehead atoms. The molecule has 0 radical (unpaired) electrons. The highest BCUT2D eigenvalue weighted by Gasteiger charge is 2.32. The maximum absolute atomic E-state index is 12.9. The van der Waals surface area contributed by atoms with Crippen LogP contribution in [0.4, 0.5) is 0 Å². The molecular formula is C24H41NO3S. The number of hydrogen-bond donors (Lipinski definition) is 1. The van der Waals surface area contributed by atoms with Gasteiger partial charge in [0.05, 0.1) is 11.5 Å². The molecule has 1 aliphatic rings. The number of rotatable bonds is 14. The van der Waals surface area contributed by atoms with Gasteiger partial charge in [-0.15, -0.1) is 0 Å². The highest BCUT2D eigenvalue weighted by atomic mass is 32.2. The molecule has 4 nitrogen and oxygen atoms in total. The highest BCUT2D eigenvalue weighted by Crippen LogP contribution is 2.25. The van der Waals surface area contributed by atoms with Gasteiger partial charge in [-0.25, -0.2) is 8.42 Å². The van der Waals surface area contributed by atoms with Crippen molar-refractivity contribution in [2.75, 3.05) is 13.2 Å². The van der Waals surface area contributed by atoms with Crippen LogP contribution in [0.1, 0.15) is 96.0 Å². The topological polar surface area (TPSA) is 57.6 Å². The second-order valence-electron chi connectivity index (χ2n) is 8.52. The number of sulfonamides is 1. The van der Waals surface area contributed by atoms with Crippen LogP contribution >= 0.6 is 0 Å². The van der Waals surface area contributed by atoms with Crippen molar-refractivity contribution < 1.29 is 13.5 Å². The van der Waals surface area contributed by atoms with Crippen LogP contribution in [0, 0.1) is 0 Å². The van der Waals surface area contributed by atoms with E-state index in [2.05, 4.69) is 6.92 Å². The minimum absolute atomic E-state index is 0.101. The van der Waals surface area contributed by atoms with E-state index in [9.17, 15) is 13.5 Å². The lowest BCUT2D eigenvalue weighted by Crippen LogP contribution is -2.45. The molecule has 0 aromatic heterocycles. The van der Waals surface area contributed by atoms with Gasteiger partial charge in [-0.05, 0) is 43.4 Å². The summed E-state index contributed by atoms with van der Waals surface area (Å²) in [5, 5.41) is 9.53. The van der Waals surface area contributed by atoms with Gasteiger partial charge in [-0.2, -0.15) is 4.31 Å². The number of piperidine rings is 1. The zero-order chi connectivity index (χ0) is 21.0. The predicted octanol–water partition coefficient (Wildman–Crippen LogP) is 5.69. The Hall–Kier alpha value is -0.910. The van der Waals surface area contributed by atoms with Crippen LogP contribution in [0.5, 0.6) is 0 Å². The van der Waals surface area contributed by atoms with Crippen molar-refractivity contribution in [2.24, 2.45) is 0 Å². The second kappa shape index (κ2) is 13.4. The number of benzene rings is 1. The second-order valence-corrected chi connectivity index (χ2v) is 10.4. The quantitative estimate of drug-likeness (QED) is 0.391. The van der Waals surface area contributed by atoms with Gasteiger partial charge in [0, 0.05) is 12.6 Å². The Labute approximate surface area is 178 Å². The molecule has 1 heterocycles. The number of nitrogens with zero attached hydrogens (tertiary/aromatic N) is 1. The predicted molar refractivity (Wildman–Crippen MR) is 121 cm³/mol. The van der Waals surface area contributed by atoms with Crippen LogP contribution in [-0.2, 0) is 16.4 Å². The van der Waals surface area contributed by atoms with Crippen molar-refractivity contribution in [3.8, 4) is 0 Å². The molecule has 1 unspecified atom stereocenters. The van der Waals surface area contributed by atoms with E-state index in [0.717, 1.165) is 25.7 Å². The summed E-state index contributed by atoms with van der Waals surface area (Å²) in [6.45, 7) is 2.66. The molecule has 1 N–H and O–H groups in total. The molecule has 29 heavy (non-hydrogen) atoms. The molecule has 1 fully saturated rings. The molecule has 0 saturated carbocycles. The SMILES string of the molecule is CCCCCCCCCCCCc1ccc(S(=O)(=O)N2CCCCC2CO)cc1. The summed E-state index contributed by atoms with van der Waals surface area (Å²) in [5.74, 6) is 0. The van der Waals surface area contributed by atoms with Crippen molar-refractivity contribution >= 4 is 10.0 Å². The summed E-state index contributed by atoms with van der Waals surface area (Å²) >= 11 is 0. The molecule has 0 spiro atoms. The molecule has 1 aliphatic heterocycles. The van der Waals surface area contributed by atoms with Crippen LogP contribution in [0.2, 0.25) is 0 Å². The minimum Gasteiger partial charge on any atom is -0.395 e. The Morgan fingerprint density at radius 1 is 0.897 bits per heavy atom. The maximum Gasteiger partial charge on any atom is 0.243 e. The van der Waals surface area contributed by atoms with Crippen molar-refractivity contribution in [1.82, 2.24) is 4.31 Å². The number of aliphatic hydroxyl groups is 1. The molecular weight excluding hydrogens is 382 g/mol. The van der Waals surface area contributed by atoms with E-state index in [1.807, 2.05) is 12.1 Å². The van der Waals surface area contributed by atoms with Gasteiger partial charge in [0.15, 0.2) is 0 Å². The van der Waals surface area contributed by atoms with Crippen molar-refractivity contribution in [2.45, 2.75) is 108 Å². The molecule has 166 valence electrons. The van der Waals surface area contributed by atoms with Gasteiger partial charge in [0.1, 0.15) is 0 Å².